The van der Waals surface area contributed by atoms with Gasteiger partial charge in [-0.05, 0) is 51.3 Å². The molecule has 6 nitrogen and oxygen atoms in total. The zero-order valence-electron chi connectivity index (χ0n) is 14.9. The van der Waals surface area contributed by atoms with Gasteiger partial charge < -0.3 is 9.88 Å². The second kappa shape index (κ2) is 6.02. The number of aromatic amines is 2. The van der Waals surface area contributed by atoms with Crippen LogP contribution in [0.4, 0.5) is 0 Å². The Morgan fingerprint density at radius 2 is 2.16 bits per heavy atom. The number of amides is 1. The van der Waals surface area contributed by atoms with Gasteiger partial charge in [0.25, 0.3) is 0 Å². The van der Waals surface area contributed by atoms with Gasteiger partial charge in [0.15, 0.2) is 0 Å². The van der Waals surface area contributed by atoms with Crippen molar-refractivity contribution >= 4 is 16.9 Å². The van der Waals surface area contributed by atoms with Crippen LogP contribution in [0.2, 0.25) is 0 Å². The molecule has 1 fully saturated rings. The molecule has 130 valence electrons. The Bertz CT molecular complexity index is 919. The molecule has 0 bridgehead atoms. The summed E-state index contributed by atoms with van der Waals surface area (Å²) in [4.78, 5) is 23.0. The van der Waals surface area contributed by atoms with Crippen molar-refractivity contribution in [1.82, 2.24) is 25.1 Å². The molecular weight excluding hydrogens is 314 g/mol. The van der Waals surface area contributed by atoms with Gasteiger partial charge in [0, 0.05) is 17.8 Å². The molecule has 1 aliphatic heterocycles. The summed E-state index contributed by atoms with van der Waals surface area (Å²) in [6, 6.07) is 6.23. The highest BCUT2D eigenvalue weighted by Crippen LogP contribution is 2.32. The Morgan fingerprint density at radius 3 is 2.92 bits per heavy atom. The normalized spacial score (nSPS) is 17.6. The zero-order valence-corrected chi connectivity index (χ0v) is 14.9. The molecule has 1 atom stereocenters. The molecule has 1 amide bonds. The maximum Gasteiger partial charge on any atom is 0.227 e. The van der Waals surface area contributed by atoms with Crippen molar-refractivity contribution < 1.29 is 4.79 Å². The average molecular weight is 337 g/mol. The molecule has 6 heteroatoms. The minimum absolute atomic E-state index is 0.0349. The van der Waals surface area contributed by atoms with Gasteiger partial charge in [-0.15, -0.1) is 0 Å². The van der Waals surface area contributed by atoms with Crippen LogP contribution in [0.1, 0.15) is 47.2 Å². The summed E-state index contributed by atoms with van der Waals surface area (Å²) in [6.45, 7) is 6.76. The first-order valence-corrected chi connectivity index (χ1v) is 8.79. The maximum absolute atomic E-state index is 12.9. The van der Waals surface area contributed by atoms with E-state index in [2.05, 4.69) is 34.2 Å². The molecule has 4 rings (SSSR count). The van der Waals surface area contributed by atoms with E-state index >= 15 is 0 Å². The summed E-state index contributed by atoms with van der Waals surface area (Å²) in [5, 5.41) is 7.16. The highest BCUT2D eigenvalue weighted by Gasteiger charge is 2.32. The number of likely N-dealkylation sites (tertiary alicyclic amines) is 1. The van der Waals surface area contributed by atoms with Crippen molar-refractivity contribution in [1.29, 1.82) is 0 Å². The van der Waals surface area contributed by atoms with Gasteiger partial charge in [0.1, 0.15) is 5.82 Å². The lowest BCUT2D eigenvalue weighted by Crippen LogP contribution is -2.32. The fourth-order valence-electron chi connectivity index (χ4n) is 3.74. The number of carbonyl (C=O) groups excluding carboxylic acids is 1. The van der Waals surface area contributed by atoms with E-state index in [4.69, 9.17) is 4.98 Å². The van der Waals surface area contributed by atoms with Gasteiger partial charge in [0.2, 0.25) is 5.91 Å². The lowest BCUT2D eigenvalue weighted by Gasteiger charge is -2.23. The van der Waals surface area contributed by atoms with Crippen LogP contribution in [0, 0.1) is 20.8 Å². The number of aryl methyl sites for hydroxylation is 3. The van der Waals surface area contributed by atoms with E-state index in [1.54, 1.807) is 0 Å². The molecule has 0 radical (unpaired) electrons. The average Bonchev–Trinajstić information content (AvgIpc) is 3.28. The van der Waals surface area contributed by atoms with Crippen LogP contribution in [-0.2, 0) is 11.2 Å². The number of nitrogens with zero attached hydrogens (tertiary/aromatic N) is 3. The third-order valence-electron chi connectivity index (χ3n) is 5.15. The van der Waals surface area contributed by atoms with Crippen molar-refractivity contribution in [2.45, 2.75) is 46.1 Å². The number of H-pyrrole nitrogens is 2. The predicted octanol–water partition coefficient (Wildman–Crippen LogP) is 3.12. The minimum atomic E-state index is 0.0349. The summed E-state index contributed by atoms with van der Waals surface area (Å²) in [5.41, 5.74) is 6.09. The third-order valence-corrected chi connectivity index (χ3v) is 5.15. The summed E-state index contributed by atoms with van der Waals surface area (Å²) in [6.07, 6.45) is 2.35. The topological polar surface area (TPSA) is 77.7 Å². The third kappa shape index (κ3) is 2.81. The predicted molar refractivity (Wildman–Crippen MR) is 96.3 cm³/mol. The van der Waals surface area contributed by atoms with Crippen molar-refractivity contribution in [2.75, 3.05) is 6.54 Å². The Labute approximate surface area is 146 Å². The first kappa shape index (κ1) is 15.9. The molecule has 1 saturated heterocycles. The molecule has 2 aromatic heterocycles. The van der Waals surface area contributed by atoms with Crippen LogP contribution in [0.25, 0.3) is 11.0 Å². The summed E-state index contributed by atoms with van der Waals surface area (Å²) in [5.74, 6) is 1.04. The van der Waals surface area contributed by atoms with Gasteiger partial charge in [-0.3, -0.25) is 9.89 Å². The number of nitrogens with one attached hydrogen (secondary N) is 2. The second-order valence-electron chi connectivity index (χ2n) is 6.98. The van der Waals surface area contributed by atoms with Gasteiger partial charge in [0.05, 0.1) is 29.2 Å². The molecule has 0 aliphatic carbocycles. The van der Waals surface area contributed by atoms with Gasteiger partial charge in [-0.25, -0.2) is 4.98 Å². The van der Waals surface area contributed by atoms with Gasteiger partial charge in [-0.2, -0.15) is 5.10 Å². The first-order chi connectivity index (χ1) is 12.0. The van der Waals surface area contributed by atoms with E-state index in [0.29, 0.717) is 6.42 Å². The van der Waals surface area contributed by atoms with E-state index in [9.17, 15) is 4.79 Å². The lowest BCUT2D eigenvalue weighted by atomic mass is 10.1. The Hall–Kier alpha value is -2.63. The molecule has 1 aliphatic rings. The fourth-order valence-corrected chi connectivity index (χ4v) is 3.74. The van der Waals surface area contributed by atoms with Gasteiger partial charge >= 0.3 is 0 Å². The van der Waals surface area contributed by atoms with Crippen LogP contribution >= 0.6 is 0 Å². The van der Waals surface area contributed by atoms with Crippen molar-refractivity contribution in [3.05, 3.63) is 46.5 Å². The number of hydrogen-bond donors (Lipinski definition) is 2. The molecule has 25 heavy (non-hydrogen) atoms. The largest absolute Gasteiger partial charge is 0.340 e. The number of benzene rings is 1. The number of aromatic nitrogens is 4. The fraction of sp³-hybridized carbons (Fsp3) is 0.421. The van der Waals surface area contributed by atoms with Crippen LogP contribution < -0.4 is 0 Å². The van der Waals surface area contributed by atoms with E-state index in [1.165, 1.54) is 5.56 Å². The number of carbonyl (C=O) groups is 1. The minimum Gasteiger partial charge on any atom is -0.340 e. The smallest absolute Gasteiger partial charge is 0.227 e. The summed E-state index contributed by atoms with van der Waals surface area (Å²) in [7, 11) is 0. The Balaban J connectivity index is 1.60. The summed E-state index contributed by atoms with van der Waals surface area (Å²) >= 11 is 0. The number of rotatable bonds is 3. The van der Waals surface area contributed by atoms with Gasteiger partial charge in [-0.1, -0.05) is 6.07 Å². The van der Waals surface area contributed by atoms with E-state index < -0.39 is 0 Å². The van der Waals surface area contributed by atoms with E-state index in [-0.39, 0.29) is 11.9 Å². The van der Waals surface area contributed by atoms with Crippen molar-refractivity contribution in [3.8, 4) is 0 Å². The molecule has 0 spiro atoms. The monoisotopic (exact) mass is 337 g/mol. The highest BCUT2D eigenvalue weighted by atomic mass is 16.2. The molecule has 2 N–H and O–H groups in total. The van der Waals surface area contributed by atoms with Crippen LogP contribution in [0.5, 0.6) is 0 Å². The Morgan fingerprint density at radius 1 is 1.32 bits per heavy atom. The summed E-state index contributed by atoms with van der Waals surface area (Å²) < 4.78 is 0. The Kier molecular flexibility index (Phi) is 3.82. The molecular formula is C19H23N5O. The number of fused-ring (bicyclic) bond motifs is 1. The molecule has 1 aromatic carbocycles. The van der Waals surface area contributed by atoms with Crippen LogP contribution in [-0.4, -0.2) is 37.5 Å². The maximum atomic E-state index is 12.9. The molecule has 3 heterocycles. The SMILES string of the molecule is Cc1ccc2nc(C3CCCN3C(=O)Cc3c(C)n[nH]c3C)[nH]c2c1. The number of hydrogen-bond acceptors (Lipinski definition) is 3. The van der Waals surface area contributed by atoms with Crippen LogP contribution in [0.15, 0.2) is 18.2 Å². The number of imidazole rings is 1. The highest BCUT2D eigenvalue weighted by molar-refractivity contribution is 5.80. The second-order valence-corrected chi connectivity index (χ2v) is 6.98. The molecule has 3 aromatic rings. The van der Waals surface area contributed by atoms with Crippen LogP contribution in [0.3, 0.4) is 0 Å². The van der Waals surface area contributed by atoms with Crippen molar-refractivity contribution in [3.63, 3.8) is 0 Å². The van der Waals surface area contributed by atoms with E-state index in [0.717, 1.165) is 53.2 Å². The molecule has 0 saturated carbocycles. The van der Waals surface area contributed by atoms with Crippen molar-refractivity contribution in [2.24, 2.45) is 0 Å². The zero-order chi connectivity index (χ0) is 17.6. The quantitative estimate of drug-likeness (QED) is 0.771. The lowest BCUT2D eigenvalue weighted by molar-refractivity contribution is -0.131. The molecule has 1 unspecified atom stereocenters. The first-order valence-electron chi connectivity index (χ1n) is 8.79. The standard InChI is InChI=1S/C19H23N5O/c1-11-6-7-15-16(9-11)21-19(20-15)17-5-4-8-24(17)18(25)10-14-12(2)22-23-13(14)3/h6-7,9,17H,4-5,8,10H2,1-3H3,(H,20,21)(H,22,23). The van der Waals surface area contributed by atoms with E-state index in [1.807, 2.05) is 24.8 Å².